The van der Waals surface area contributed by atoms with Crippen molar-refractivity contribution in [3.05, 3.63) is 70.4 Å². The van der Waals surface area contributed by atoms with E-state index in [1.807, 2.05) is 24.3 Å². The van der Waals surface area contributed by atoms with Crippen molar-refractivity contribution in [1.29, 1.82) is 0 Å². The van der Waals surface area contributed by atoms with Crippen LogP contribution in [0.3, 0.4) is 0 Å². The van der Waals surface area contributed by atoms with Gasteiger partial charge in [0.1, 0.15) is 0 Å². The zero-order valence-corrected chi connectivity index (χ0v) is 11.9. The third-order valence-electron chi connectivity index (χ3n) is 3.45. The molecular formula is C17H12ClNO2. The maximum atomic E-state index is 12.3. The Hall–Kier alpha value is -2.39. The lowest BCUT2D eigenvalue weighted by Crippen LogP contribution is -2.05. The molecule has 0 fully saturated rings. The second-order valence-corrected chi connectivity index (χ2v) is 5.22. The third kappa shape index (κ3) is 2.60. The van der Waals surface area contributed by atoms with Crippen LogP contribution in [-0.2, 0) is 6.42 Å². The highest BCUT2D eigenvalue weighted by molar-refractivity contribution is 6.30. The molecule has 0 aliphatic heterocycles. The number of hydrogen-bond donors (Lipinski definition) is 1. The number of hydrogen-bond acceptors (Lipinski definition) is 2. The molecule has 0 bridgehead atoms. The molecule has 3 aromatic rings. The van der Waals surface area contributed by atoms with Crippen LogP contribution in [-0.4, -0.2) is 17.1 Å². The lowest BCUT2D eigenvalue weighted by Gasteiger charge is -2.01. The molecule has 0 atom stereocenters. The number of Topliss-reactive ketones (excluding diaryl/α,β-unsaturated/α-hetero) is 1. The molecule has 0 spiro atoms. The number of H-pyrrole nitrogens is 1. The first kappa shape index (κ1) is 13.6. The summed E-state index contributed by atoms with van der Waals surface area (Å²) < 4.78 is 0. The maximum absolute atomic E-state index is 12.3. The van der Waals surface area contributed by atoms with Crippen molar-refractivity contribution < 1.29 is 9.59 Å². The number of carbonyl (C=O) groups is 2. The molecule has 21 heavy (non-hydrogen) atoms. The highest BCUT2D eigenvalue weighted by Gasteiger charge is 2.14. The Bertz CT molecular complexity index is 818. The monoisotopic (exact) mass is 297 g/mol. The van der Waals surface area contributed by atoms with E-state index >= 15 is 0 Å². The molecule has 0 saturated heterocycles. The number of rotatable bonds is 4. The molecule has 104 valence electrons. The number of carbonyl (C=O) groups excluding carboxylic acids is 2. The van der Waals surface area contributed by atoms with Crippen LogP contribution in [0.1, 0.15) is 26.4 Å². The van der Waals surface area contributed by atoms with Crippen LogP contribution >= 0.6 is 11.6 Å². The van der Waals surface area contributed by atoms with Gasteiger partial charge in [-0.1, -0.05) is 29.8 Å². The van der Waals surface area contributed by atoms with E-state index in [4.69, 9.17) is 11.6 Å². The van der Waals surface area contributed by atoms with Crippen LogP contribution in [0.15, 0.2) is 48.5 Å². The van der Waals surface area contributed by atoms with Crippen molar-refractivity contribution in [2.24, 2.45) is 0 Å². The molecule has 1 aromatic heterocycles. The SMILES string of the molecule is O=Cc1c(CC(=O)c2ccc(Cl)cc2)[nH]c2ccccc12. The Morgan fingerprint density at radius 1 is 1.10 bits per heavy atom. The van der Waals surface area contributed by atoms with Gasteiger partial charge in [-0.15, -0.1) is 0 Å². The van der Waals surface area contributed by atoms with Gasteiger partial charge in [-0.2, -0.15) is 0 Å². The van der Waals surface area contributed by atoms with Crippen LogP contribution in [0.25, 0.3) is 10.9 Å². The number of halogens is 1. The summed E-state index contributed by atoms with van der Waals surface area (Å²) in [7, 11) is 0. The normalized spacial score (nSPS) is 10.7. The number of benzene rings is 2. The minimum Gasteiger partial charge on any atom is -0.357 e. The van der Waals surface area contributed by atoms with E-state index in [-0.39, 0.29) is 12.2 Å². The highest BCUT2D eigenvalue weighted by atomic mass is 35.5. The summed E-state index contributed by atoms with van der Waals surface area (Å²) in [4.78, 5) is 26.8. The van der Waals surface area contributed by atoms with Gasteiger partial charge >= 0.3 is 0 Å². The molecule has 0 saturated carbocycles. The summed E-state index contributed by atoms with van der Waals surface area (Å²) in [5, 5.41) is 1.43. The summed E-state index contributed by atoms with van der Waals surface area (Å²) in [6.45, 7) is 0. The summed E-state index contributed by atoms with van der Waals surface area (Å²) >= 11 is 5.81. The van der Waals surface area contributed by atoms with Crippen molar-refractivity contribution in [2.45, 2.75) is 6.42 Å². The van der Waals surface area contributed by atoms with Gasteiger partial charge in [0, 0.05) is 32.7 Å². The molecule has 4 heteroatoms. The molecule has 0 aliphatic carbocycles. The number of para-hydroxylation sites is 1. The second kappa shape index (κ2) is 5.54. The van der Waals surface area contributed by atoms with Crippen LogP contribution in [0.4, 0.5) is 0 Å². The van der Waals surface area contributed by atoms with E-state index in [0.717, 1.165) is 17.2 Å². The average molecular weight is 298 g/mol. The fourth-order valence-electron chi connectivity index (χ4n) is 2.39. The summed E-state index contributed by atoms with van der Waals surface area (Å²) in [6, 6.07) is 14.2. The van der Waals surface area contributed by atoms with Gasteiger partial charge in [0.05, 0.1) is 6.42 Å². The van der Waals surface area contributed by atoms with E-state index in [2.05, 4.69) is 4.98 Å². The molecule has 2 aromatic carbocycles. The lowest BCUT2D eigenvalue weighted by molar-refractivity contribution is 0.0992. The van der Waals surface area contributed by atoms with E-state index < -0.39 is 0 Å². The number of fused-ring (bicyclic) bond motifs is 1. The summed E-state index contributed by atoms with van der Waals surface area (Å²) in [5.74, 6) is -0.0543. The van der Waals surface area contributed by atoms with Crippen LogP contribution in [0, 0.1) is 0 Å². The van der Waals surface area contributed by atoms with Gasteiger partial charge < -0.3 is 4.98 Å². The molecule has 0 radical (unpaired) electrons. The average Bonchev–Trinajstić information content (AvgIpc) is 2.84. The molecule has 3 rings (SSSR count). The molecule has 1 N–H and O–H groups in total. The predicted octanol–water partition coefficient (Wildman–Crippen LogP) is 4.06. The number of aromatic amines is 1. The minimum atomic E-state index is -0.0543. The number of ketones is 1. The Balaban J connectivity index is 1.96. The largest absolute Gasteiger partial charge is 0.357 e. The van der Waals surface area contributed by atoms with Crippen molar-refractivity contribution in [3.8, 4) is 0 Å². The van der Waals surface area contributed by atoms with Gasteiger partial charge in [-0.3, -0.25) is 9.59 Å². The Labute approximate surface area is 126 Å². The van der Waals surface area contributed by atoms with Crippen molar-refractivity contribution in [3.63, 3.8) is 0 Å². The first-order valence-electron chi connectivity index (χ1n) is 6.52. The van der Waals surface area contributed by atoms with Gasteiger partial charge in [-0.25, -0.2) is 0 Å². The summed E-state index contributed by atoms with van der Waals surface area (Å²) in [6.07, 6.45) is 0.952. The second-order valence-electron chi connectivity index (χ2n) is 4.79. The van der Waals surface area contributed by atoms with Crippen LogP contribution in [0.5, 0.6) is 0 Å². The quantitative estimate of drug-likeness (QED) is 0.583. The van der Waals surface area contributed by atoms with Gasteiger partial charge in [-0.05, 0) is 30.3 Å². The Kier molecular flexibility index (Phi) is 3.59. The lowest BCUT2D eigenvalue weighted by atomic mass is 10.0. The van der Waals surface area contributed by atoms with Crippen LogP contribution in [0.2, 0.25) is 5.02 Å². The number of aromatic nitrogens is 1. The topological polar surface area (TPSA) is 49.9 Å². The van der Waals surface area contributed by atoms with E-state index in [9.17, 15) is 9.59 Å². The van der Waals surface area contributed by atoms with E-state index in [1.54, 1.807) is 24.3 Å². The van der Waals surface area contributed by atoms with Gasteiger partial charge in [0.25, 0.3) is 0 Å². The van der Waals surface area contributed by atoms with Crippen molar-refractivity contribution in [1.82, 2.24) is 4.98 Å². The number of nitrogens with one attached hydrogen (secondary N) is 1. The van der Waals surface area contributed by atoms with Crippen LogP contribution < -0.4 is 0 Å². The van der Waals surface area contributed by atoms with E-state index in [0.29, 0.717) is 21.8 Å². The van der Waals surface area contributed by atoms with Gasteiger partial charge in [0.2, 0.25) is 0 Å². The minimum absolute atomic E-state index is 0.0543. The fraction of sp³-hybridized carbons (Fsp3) is 0.0588. The van der Waals surface area contributed by atoms with Crippen molar-refractivity contribution in [2.75, 3.05) is 0 Å². The molecule has 1 heterocycles. The zero-order valence-electron chi connectivity index (χ0n) is 11.1. The molecule has 0 unspecified atom stereocenters. The highest BCUT2D eigenvalue weighted by Crippen LogP contribution is 2.22. The molecule has 0 aliphatic rings. The molecule has 3 nitrogen and oxygen atoms in total. The van der Waals surface area contributed by atoms with E-state index in [1.165, 1.54) is 0 Å². The number of aldehydes is 1. The fourth-order valence-corrected chi connectivity index (χ4v) is 2.52. The predicted molar refractivity (Wildman–Crippen MR) is 83.2 cm³/mol. The van der Waals surface area contributed by atoms with Gasteiger partial charge in [0.15, 0.2) is 12.1 Å². The maximum Gasteiger partial charge on any atom is 0.168 e. The summed E-state index contributed by atoms with van der Waals surface area (Å²) in [5.41, 5.74) is 2.63. The molecular weight excluding hydrogens is 286 g/mol. The Morgan fingerprint density at radius 2 is 1.81 bits per heavy atom. The smallest absolute Gasteiger partial charge is 0.168 e. The van der Waals surface area contributed by atoms with Crippen molar-refractivity contribution >= 4 is 34.6 Å². The first-order chi connectivity index (χ1) is 10.2. The third-order valence-corrected chi connectivity index (χ3v) is 3.70. The first-order valence-corrected chi connectivity index (χ1v) is 6.90. The Morgan fingerprint density at radius 3 is 2.52 bits per heavy atom. The molecule has 0 amide bonds. The zero-order chi connectivity index (χ0) is 14.8. The standard InChI is InChI=1S/C17H12ClNO2/c18-12-7-5-11(6-8-12)17(21)9-16-14(10-20)13-3-1-2-4-15(13)19-16/h1-8,10,19H,9H2.